The minimum Gasteiger partial charge on any atom is -0.139 e. The molecule has 1 aromatic carbocycles. The van der Waals surface area contributed by atoms with Crippen LogP contribution in [-0.2, 0) is 38.5 Å². The molecule has 6 nitrogen and oxygen atoms in total. The van der Waals surface area contributed by atoms with Crippen molar-refractivity contribution in [3.8, 4) is 90.6 Å². The topological polar surface area (TPSA) is 77.3 Å². The van der Waals surface area contributed by atoms with Crippen molar-refractivity contribution < 1.29 is 0 Å². The predicted molar refractivity (Wildman–Crippen MR) is 446 cm³/mol. The van der Waals surface area contributed by atoms with Crippen molar-refractivity contribution in [1.29, 1.82) is 0 Å². The maximum Gasteiger partial charge on any atom is 0.158 e. The van der Waals surface area contributed by atoms with Crippen molar-refractivity contribution in [3.63, 3.8) is 0 Å². The van der Waals surface area contributed by atoms with Crippen molar-refractivity contribution >= 4 is 102 Å². The Kier molecular flexibility index (Phi) is 34.1. The highest BCUT2D eigenvalue weighted by Crippen LogP contribution is 2.49. The van der Waals surface area contributed by atoms with Crippen molar-refractivity contribution in [3.05, 3.63) is 104 Å². The van der Waals surface area contributed by atoms with Gasteiger partial charge >= 0.3 is 0 Å². The van der Waals surface area contributed by atoms with Crippen molar-refractivity contribution in [2.45, 2.75) is 311 Å². The second-order valence-corrected chi connectivity index (χ2v) is 37.4. The molecule has 0 saturated carbocycles. The molecule has 15 heteroatoms. The molecular weight excluding hydrogens is 1380 g/mol. The summed E-state index contributed by atoms with van der Waals surface area (Å²) < 4.78 is 0. The van der Waals surface area contributed by atoms with E-state index in [-0.39, 0.29) is 0 Å². The second kappa shape index (κ2) is 43.4. The Bertz CT molecular complexity index is 3460. The van der Waals surface area contributed by atoms with E-state index in [1.54, 1.807) is 34.0 Å². The summed E-state index contributed by atoms with van der Waals surface area (Å²) in [4.78, 5) is 16.6. The summed E-state index contributed by atoms with van der Waals surface area (Å²) in [5.74, 6) is 0. The fourth-order valence-electron chi connectivity index (χ4n) is 13.5. The van der Waals surface area contributed by atoms with Gasteiger partial charge in [-0.3, -0.25) is 0 Å². The third-order valence-corrected chi connectivity index (χ3v) is 30.3. The normalized spacial score (nSPS) is 11.8. The van der Waals surface area contributed by atoms with Gasteiger partial charge in [0.25, 0.3) is 0 Å². The lowest BCUT2D eigenvalue weighted by atomic mass is 10.0. The van der Waals surface area contributed by atoms with E-state index < -0.39 is 0 Å². The first-order valence-corrected chi connectivity index (χ1v) is 46.5. The van der Waals surface area contributed by atoms with E-state index in [4.69, 9.17) is 30.6 Å². The van der Waals surface area contributed by atoms with Crippen LogP contribution in [0.2, 0.25) is 0 Å². The van der Waals surface area contributed by atoms with Crippen molar-refractivity contribution in [2.75, 3.05) is 0 Å². The number of aryl methyl sites for hydroxylation is 6. The lowest BCUT2D eigenvalue weighted by Crippen LogP contribution is -1.86. The summed E-state index contributed by atoms with van der Waals surface area (Å²) >= 11 is 16.9. The smallest absolute Gasteiger partial charge is 0.139 e. The van der Waals surface area contributed by atoms with Gasteiger partial charge < -0.3 is 0 Å². The number of aromatic nitrogens is 6. The highest BCUT2D eigenvalue weighted by Gasteiger charge is 2.24. The fourth-order valence-corrected chi connectivity index (χ4v) is 23.4. The molecule has 0 saturated heterocycles. The lowest BCUT2D eigenvalue weighted by Gasteiger charge is -2.04. The van der Waals surface area contributed by atoms with Crippen LogP contribution in [-0.4, -0.2) is 30.6 Å². The Balaban J connectivity index is 0.975. The maximum atomic E-state index is 5.08. The van der Waals surface area contributed by atoms with Crippen LogP contribution in [0.15, 0.2) is 72.8 Å². The molecular formula is C84H114N6S9. The van der Waals surface area contributed by atoms with Crippen LogP contribution in [0.5, 0.6) is 0 Å². The Labute approximate surface area is 632 Å². The summed E-state index contributed by atoms with van der Waals surface area (Å²) in [7, 11) is 0. The molecule has 0 aliphatic rings. The van der Waals surface area contributed by atoms with Gasteiger partial charge in [-0.25, -0.2) is 0 Å². The molecule has 10 aromatic rings. The summed E-state index contributed by atoms with van der Waals surface area (Å²) in [6, 6.07) is 28.6. The largest absolute Gasteiger partial charge is 0.158 e. The highest BCUT2D eigenvalue weighted by atomic mass is 32.1. The van der Waals surface area contributed by atoms with Crippen molar-refractivity contribution in [2.24, 2.45) is 0 Å². The molecule has 534 valence electrons. The molecule has 0 atom stereocenters. The van der Waals surface area contributed by atoms with Crippen LogP contribution < -0.4 is 0 Å². The number of thiophene rings is 6. The van der Waals surface area contributed by atoms with Crippen LogP contribution >= 0.6 is 102 Å². The fraction of sp³-hybridized carbons (Fsp3) is 0.571. The van der Waals surface area contributed by atoms with E-state index in [9.17, 15) is 0 Å². The minimum atomic E-state index is 0.899. The van der Waals surface area contributed by atoms with E-state index in [2.05, 4.69) is 114 Å². The first kappa shape index (κ1) is 77.7. The van der Waals surface area contributed by atoms with E-state index in [0.717, 1.165) is 66.0 Å². The monoisotopic (exact) mass is 1490 g/mol. The first-order chi connectivity index (χ1) is 48.8. The van der Waals surface area contributed by atoms with Gasteiger partial charge in [0.1, 0.15) is 15.0 Å². The van der Waals surface area contributed by atoms with Crippen LogP contribution in [0.1, 0.15) is 304 Å². The van der Waals surface area contributed by atoms with E-state index in [1.165, 1.54) is 326 Å². The molecule has 0 N–H and O–H groups in total. The number of benzene rings is 1. The zero-order chi connectivity index (χ0) is 68.6. The zero-order valence-electron chi connectivity index (χ0n) is 61.0. The standard InChI is InChI=1S/C84H114N6S9/c1-7-13-19-25-28-31-34-37-43-61-58-73(94-76(61)70-52-49-67(91-70)46-40-22-16-10-4)82-88-85-79(97-82)64-55-65(80-86-89-83(98-80)74-59-62(44-38-35-32-29-26-20-14-8-2)77(95-74)71-53-50-68(92-71)47-41-23-17-11-5)57-66(56-64)81-87-90-84(99-81)75-60-63(45-39-36-33-30-27-21-15-9-3)78(96-75)72-54-51-69(93-72)48-42-24-18-12-6/h49-60H,7-48H2,1-6H3. The Morgan fingerprint density at radius 1 is 0.202 bits per heavy atom. The molecule has 0 fully saturated rings. The maximum absolute atomic E-state index is 5.08. The van der Waals surface area contributed by atoms with E-state index in [0.29, 0.717) is 0 Å². The number of hydrogen-bond acceptors (Lipinski definition) is 15. The average molecular weight is 1500 g/mol. The summed E-state index contributed by atoms with van der Waals surface area (Å²) in [6.45, 7) is 13.8. The average Bonchev–Trinajstić information content (AvgIpc) is 1.71. The summed E-state index contributed by atoms with van der Waals surface area (Å²) in [5, 5.41) is 36.0. The molecule has 0 aliphatic carbocycles. The SMILES string of the molecule is CCCCCCCCCCc1cc(-c2nnc(-c3cc(-c4nnc(-c5cc(CCCCCCCCCC)c(-c6ccc(CCCCCC)s6)s5)s4)cc(-c4nnc(-c5cc(CCCCCCCCCC)c(-c6ccc(CCCCCC)s6)s5)s4)c3)s2)sc1-c1ccc(CCCCCC)s1. The van der Waals surface area contributed by atoms with Crippen LogP contribution in [0.3, 0.4) is 0 Å². The molecule has 0 bridgehead atoms. The first-order valence-electron chi connectivity index (χ1n) is 39.2. The summed E-state index contributed by atoms with van der Waals surface area (Å²) in [5.41, 5.74) is 7.45. The van der Waals surface area contributed by atoms with Gasteiger partial charge in [-0.05, 0) is 167 Å². The Morgan fingerprint density at radius 2 is 0.424 bits per heavy atom. The van der Waals surface area contributed by atoms with Gasteiger partial charge in [-0.2, -0.15) is 0 Å². The van der Waals surface area contributed by atoms with E-state index >= 15 is 0 Å². The van der Waals surface area contributed by atoms with Gasteiger partial charge in [-0.1, -0.05) is 268 Å². The number of hydrogen-bond donors (Lipinski definition) is 0. The predicted octanol–water partition coefficient (Wildman–Crippen LogP) is 31.0. The molecule has 0 spiro atoms. The van der Waals surface area contributed by atoms with Crippen LogP contribution in [0.4, 0.5) is 0 Å². The third-order valence-electron chi connectivity index (χ3n) is 19.4. The highest BCUT2D eigenvalue weighted by molar-refractivity contribution is 7.28. The summed E-state index contributed by atoms with van der Waals surface area (Å²) in [6.07, 6.45) is 54.0. The molecule has 9 heterocycles. The third kappa shape index (κ3) is 24.1. The molecule has 99 heavy (non-hydrogen) atoms. The van der Waals surface area contributed by atoms with Crippen LogP contribution in [0, 0.1) is 0 Å². The van der Waals surface area contributed by atoms with Crippen molar-refractivity contribution in [1.82, 2.24) is 30.6 Å². The zero-order valence-corrected chi connectivity index (χ0v) is 68.3. The molecule has 9 aromatic heterocycles. The van der Waals surface area contributed by atoms with Gasteiger partial charge in [0.15, 0.2) is 15.0 Å². The van der Waals surface area contributed by atoms with Gasteiger partial charge in [-0.15, -0.1) is 98.6 Å². The lowest BCUT2D eigenvalue weighted by molar-refractivity contribution is 0.576. The quantitative estimate of drug-likeness (QED) is 0.0354. The number of nitrogens with zero attached hydrogens (tertiary/aromatic N) is 6. The van der Waals surface area contributed by atoms with Gasteiger partial charge in [0.05, 0.1) is 14.6 Å². The Hall–Kier alpha value is -3.90. The number of rotatable bonds is 51. The second-order valence-electron chi connectivity index (χ2n) is 27.8. The van der Waals surface area contributed by atoms with E-state index in [1.807, 2.05) is 68.0 Å². The molecule has 0 aliphatic heterocycles. The molecule has 10 rings (SSSR count). The molecule has 0 amide bonds. The van der Waals surface area contributed by atoms with Crippen LogP contribution in [0.25, 0.3) is 90.6 Å². The molecule has 0 radical (unpaired) electrons. The number of unbranched alkanes of at least 4 members (excludes halogenated alkanes) is 30. The Morgan fingerprint density at radius 3 is 0.687 bits per heavy atom. The van der Waals surface area contributed by atoms with Gasteiger partial charge in [0, 0.05) is 60.6 Å². The minimum absolute atomic E-state index is 0.899. The van der Waals surface area contributed by atoms with Gasteiger partial charge in [0.2, 0.25) is 0 Å². The molecule has 0 unspecified atom stereocenters.